The molecule has 0 aliphatic heterocycles. The minimum atomic E-state index is -4.47. The first-order valence-electron chi connectivity index (χ1n) is 6.39. The van der Waals surface area contributed by atoms with Gasteiger partial charge in [-0.15, -0.1) is 0 Å². The molecule has 4 nitrogen and oxygen atoms in total. The van der Waals surface area contributed by atoms with Crippen molar-refractivity contribution in [3.05, 3.63) is 47.8 Å². The second-order valence-electron chi connectivity index (χ2n) is 4.50. The Labute approximate surface area is 120 Å². The molecule has 112 valence electrons. The summed E-state index contributed by atoms with van der Waals surface area (Å²) < 4.78 is 38.1. The van der Waals surface area contributed by atoms with Gasteiger partial charge in [0.1, 0.15) is 5.69 Å². The number of rotatable bonds is 4. The summed E-state index contributed by atoms with van der Waals surface area (Å²) in [6, 6.07) is 8.00. The van der Waals surface area contributed by atoms with Gasteiger partial charge in [0.05, 0.1) is 0 Å². The summed E-state index contributed by atoms with van der Waals surface area (Å²) in [4.78, 5) is 9.19. The average Bonchev–Trinajstić information content (AvgIpc) is 2.46. The molecule has 2 aromatic rings. The highest BCUT2D eigenvalue weighted by Gasteiger charge is 2.33. The Bertz CT molecular complexity index is 596. The molecule has 1 heterocycles. The van der Waals surface area contributed by atoms with E-state index in [4.69, 9.17) is 5.73 Å². The maximum absolute atomic E-state index is 12.7. The summed E-state index contributed by atoms with van der Waals surface area (Å²) in [5.74, 6) is 0.0594. The van der Waals surface area contributed by atoms with Crippen molar-refractivity contribution in [2.24, 2.45) is 0 Å². The van der Waals surface area contributed by atoms with Gasteiger partial charge in [-0.25, -0.2) is 9.97 Å². The van der Waals surface area contributed by atoms with E-state index in [0.717, 1.165) is 17.8 Å². The zero-order chi connectivity index (χ0) is 15.5. The summed E-state index contributed by atoms with van der Waals surface area (Å²) in [6.07, 6.45) is -3.35. The Hall–Kier alpha value is -2.31. The molecule has 7 heteroatoms. The van der Waals surface area contributed by atoms with E-state index in [0.29, 0.717) is 18.8 Å². The predicted molar refractivity (Wildman–Crippen MR) is 74.6 cm³/mol. The normalized spacial score (nSPS) is 11.4. The van der Waals surface area contributed by atoms with E-state index >= 15 is 0 Å². The molecule has 2 rings (SSSR count). The van der Waals surface area contributed by atoms with Gasteiger partial charge in [-0.2, -0.15) is 13.2 Å². The summed E-state index contributed by atoms with van der Waals surface area (Å²) in [6.45, 7) is 2.74. The fourth-order valence-corrected chi connectivity index (χ4v) is 1.83. The molecule has 0 bridgehead atoms. The lowest BCUT2D eigenvalue weighted by molar-refractivity contribution is -0.141. The van der Waals surface area contributed by atoms with E-state index in [2.05, 4.69) is 9.97 Å². The number of aromatic nitrogens is 2. The Morgan fingerprint density at radius 2 is 1.81 bits per heavy atom. The van der Waals surface area contributed by atoms with Crippen LogP contribution in [-0.4, -0.2) is 16.5 Å². The molecule has 0 fully saturated rings. The second-order valence-corrected chi connectivity index (χ2v) is 4.50. The molecule has 21 heavy (non-hydrogen) atoms. The van der Waals surface area contributed by atoms with E-state index in [-0.39, 0.29) is 5.95 Å². The fourth-order valence-electron chi connectivity index (χ4n) is 1.83. The molecule has 0 amide bonds. The number of benzene rings is 1. The lowest BCUT2D eigenvalue weighted by Gasteiger charge is -2.21. The van der Waals surface area contributed by atoms with Gasteiger partial charge in [-0.3, -0.25) is 0 Å². The Balaban J connectivity index is 2.23. The van der Waals surface area contributed by atoms with Gasteiger partial charge < -0.3 is 10.6 Å². The highest BCUT2D eigenvalue weighted by Crippen LogP contribution is 2.28. The zero-order valence-electron chi connectivity index (χ0n) is 11.4. The highest BCUT2D eigenvalue weighted by molar-refractivity contribution is 5.41. The molecule has 1 aromatic carbocycles. The summed E-state index contributed by atoms with van der Waals surface area (Å²) in [5, 5.41) is 0. The van der Waals surface area contributed by atoms with Gasteiger partial charge in [0.25, 0.3) is 0 Å². The number of hydrogen-bond acceptors (Lipinski definition) is 4. The largest absolute Gasteiger partial charge is 0.433 e. The second kappa shape index (κ2) is 5.99. The average molecular weight is 296 g/mol. The highest BCUT2D eigenvalue weighted by atomic mass is 19.4. The maximum atomic E-state index is 12.7. The van der Waals surface area contributed by atoms with E-state index in [1.807, 2.05) is 19.1 Å². The van der Waals surface area contributed by atoms with Crippen molar-refractivity contribution in [2.75, 3.05) is 17.2 Å². The van der Waals surface area contributed by atoms with Crippen molar-refractivity contribution in [1.29, 1.82) is 0 Å². The fraction of sp³-hybridized carbons (Fsp3) is 0.286. The van der Waals surface area contributed by atoms with Crippen molar-refractivity contribution in [2.45, 2.75) is 19.6 Å². The number of halogens is 3. The minimum absolute atomic E-state index is 0.0594. The van der Waals surface area contributed by atoms with Gasteiger partial charge in [-0.1, -0.05) is 12.1 Å². The number of hydrogen-bond donors (Lipinski definition) is 1. The molecule has 0 spiro atoms. The molecule has 0 radical (unpaired) electrons. The molecular formula is C14H15F3N4. The van der Waals surface area contributed by atoms with Gasteiger partial charge in [0, 0.05) is 25.0 Å². The van der Waals surface area contributed by atoms with Crippen LogP contribution in [0.2, 0.25) is 0 Å². The van der Waals surface area contributed by atoms with Crippen LogP contribution in [0.15, 0.2) is 36.5 Å². The van der Waals surface area contributed by atoms with Crippen LogP contribution < -0.4 is 10.6 Å². The van der Waals surface area contributed by atoms with Crippen molar-refractivity contribution >= 4 is 11.6 Å². The number of nitrogen functional groups attached to an aromatic ring is 1. The molecule has 0 saturated heterocycles. The van der Waals surface area contributed by atoms with Gasteiger partial charge in [0.2, 0.25) is 5.95 Å². The van der Waals surface area contributed by atoms with Crippen LogP contribution in [0.1, 0.15) is 18.2 Å². The van der Waals surface area contributed by atoms with E-state index in [1.165, 1.54) is 0 Å². The first-order valence-corrected chi connectivity index (χ1v) is 6.39. The smallest absolute Gasteiger partial charge is 0.399 e. The molecule has 2 N–H and O–H groups in total. The number of nitrogens with zero attached hydrogens (tertiary/aromatic N) is 3. The Kier molecular flexibility index (Phi) is 4.30. The van der Waals surface area contributed by atoms with Crippen LogP contribution in [0.3, 0.4) is 0 Å². The lowest BCUT2D eigenvalue weighted by atomic mass is 10.2. The molecule has 0 saturated carbocycles. The van der Waals surface area contributed by atoms with Crippen LogP contribution in [0, 0.1) is 0 Å². The molecular weight excluding hydrogens is 281 g/mol. The van der Waals surface area contributed by atoms with Crippen molar-refractivity contribution in [1.82, 2.24) is 9.97 Å². The molecule has 0 atom stereocenters. The standard InChI is InChI=1S/C14H15F3N4/c1-2-21(9-10-3-5-11(18)6-4-10)13-19-8-7-12(20-13)14(15,16)17/h3-8H,2,9,18H2,1H3. The Morgan fingerprint density at radius 3 is 2.38 bits per heavy atom. The van der Waals surface area contributed by atoms with Crippen LogP contribution in [0.25, 0.3) is 0 Å². The summed E-state index contributed by atoms with van der Waals surface area (Å²) in [7, 11) is 0. The van der Waals surface area contributed by atoms with Crippen LogP contribution in [0.4, 0.5) is 24.8 Å². The summed E-state index contributed by atoms with van der Waals surface area (Å²) >= 11 is 0. The number of nitrogens with two attached hydrogens (primary N) is 1. The lowest BCUT2D eigenvalue weighted by Crippen LogP contribution is -2.25. The molecule has 0 aliphatic carbocycles. The first kappa shape index (κ1) is 15.1. The van der Waals surface area contributed by atoms with Gasteiger partial charge in [-0.05, 0) is 30.7 Å². The zero-order valence-corrected chi connectivity index (χ0v) is 11.4. The van der Waals surface area contributed by atoms with Crippen molar-refractivity contribution in [3.8, 4) is 0 Å². The maximum Gasteiger partial charge on any atom is 0.433 e. The monoisotopic (exact) mass is 296 g/mol. The molecule has 0 unspecified atom stereocenters. The number of anilines is 2. The number of alkyl halides is 3. The van der Waals surface area contributed by atoms with Crippen molar-refractivity contribution in [3.63, 3.8) is 0 Å². The van der Waals surface area contributed by atoms with Gasteiger partial charge >= 0.3 is 6.18 Å². The third-order valence-corrected chi connectivity index (χ3v) is 2.95. The van der Waals surface area contributed by atoms with E-state index in [9.17, 15) is 13.2 Å². The molecule has 1 aromatic heterocycles. The minimum Gasteiger partial charge on any atom is -0.399 e. The van der Waals surface area contributed by atoms with Crippen LogP contribution in [0.5, 0.6) is 0 Å². The van der Waals surface area contributed by atoms with Crippen LogP contribution in [-0.2, 0) is 12.7 Å². The topological polar surface area (TPSA) is 55.0 Å². The Morgan fingerprint density at radius 1 is 1.14 bits per heavy atom. The van der Waals surface area contributed by atoms with Crippen molar-refractivity contribution < 1.29 is 13.2 Å². The first-order chi connectivity index (χ1) is 9.90. The quantitative estimate of drug-likeness (QED) is 0.881. The van der Waals surface area contributed by atoms with E-state index < -0.39 is 11.9 Å². The molecule has 0 aliphatic rings. The predicted octanol–water partition coefficient (Wildman–Crippen LogP) is 3.10. The third kappa shape index (κ3) is 3.84. The van der Waals surface area contributed by atoms with Gasteiger partial charge in [0.15, 0.2) is 0 Å². The SMILES string of the molecule is CCN(Cc1ccc(N)cc1)c1nccc(C(F)(F)F)n1. The third-order valence-electron chi connectivity index (χ3n) is 2.95. The van der Waals surface area contributed by atoms with Crippen LogP contribution >= 0.6 is 0 Å². The summed E-state index contributed by atoms with van der Waals surface area (Å²) in [5.41, 5.74) is 6.22. The van der Waals surface area contributed by atoms with E-state index in [1.54, 1.807) is 17.0 Å².